The van der Waals surface area contributed by atoms with E-state index in [1.807, 2.05) is 0 Å². The molecule has 0 bridgehead atoms. The minimum atomic E-state index is 0.250. The topological polar surface area (TPSA) is 12.0 Å². The molecule has 0 saturated carbocycles. The largest absolute Gasteiger partial charge is 0.307 e. The van der Waals surface area contributed by atoms with Gasteiger partial charge >= 0.3 is 0 Å². The molecule has 0 aliphatic rings. The molecule has 2 aromatic carbocycles. The maximum Gasteiger partial charge on any atom is 0.0577 e. The lowest BCUT2D eigenvalue weighted by molar-refractivity contribution is 0.623. The van der Waals surface area contributed by atoms with Crippen LogP contribution in [-0.2, 0) is 6.42 Å². The van der Waals surface area contributed by atoms with Gasteiger partial charge in [-0.2, -0.15) is 0 Å². The van der Waals surface area contributed by atoms with Crippen LogP contribution in [-0.4, -0.2) is 6.54 Å². The van der Waals surface area contributed by atoms with Gasteiger partial charge in [0.1, 0.15) is 0 Å². The van der Waals surface area contributed by atoms with Crippen LogP contribution in [0.3, 0.4) is 0 Å². The molecule has 1 unspecified atom stereocenters. The lowest BCUT2D eigenvalue weighted by atomic mass is 9.94. The van der Waals surface area contributed by atoms with Crippen LogP contribution in [0, 0.1) is 5.92 Å². The van der Waals surface area contributed by atoms with E-state index in [1.54, 1.807) is 0 Å². The van der Waals surface area contributed by atoms with E-state index < -0.39 is 0 Å². The molecular weight excluding hydrogens is 322 g/mol. The zero-order valence-corrected chi connectivity index (χ0v) is 14.7. The van der Waals surface area contributed by atoms with Crippen molar-refractivity contribution in [2.24, 2.45) is 5.92 Å². The molecular formula is C19H24BrN. The van der Waals surface area contributed by atoms with Gasteiger partial charge < -0.3 is 5.32 Å². The first kappa shape index (κ1) is 16.3. The van der Waals surface area contributed by atoms with E-state index in [0.29, 0.717) is 5.92 Å². The van der Waals surface area contributed by atoms with Crippen LogP contribution in [0.4, 0.5) is 0 Å². The van der Waals surface area contributed by atoms with Crippen molar-refractivity contribution in [3.05, 3.63) is 69.7 Å². The van der Waals surface area contributed by atoms with Crippen LogP contribution in [0.5, 0.6) is 0 Å². The Morgan fingerprint density at radius 3 is 2.29 bits per heavy atom. The highest BCUT2D eigenvalue weighted by Crippen LogP contribution is 2.25. The average molecular weight is 346 g/mol. The Bertz CT molecular complexity index is 577. The summed E-state index contributed by atoms with van der Waals surface area (Å²) in [5, 5.41) is 3.60. The summed E-state index contributed by atoms with van der Waals surface area (Å²) in [5.74, 6) is 0.684. The van der Waals surface area contributed by atoms with Crippen molar-refractivity contribution in [2.75, 3.05) is 6.54 Å². The van der Waals surface area contributed by atoms with Crippen LogP contribution in [0.1, 0.15) is 43.5 Å². The molecule has 0 aromatic heterocycles. The van der Waals surface area contributed by atoms with Crippen LogP contribution < -0.4 is 5.32 Å². The number of hydrogen-bond donors (Lipinski definition) is 1. The summed E-state index contributed by atoms with van der Waals surface area (Å²) >= 11 is 3.57. The van der Waals surface area contributed by atoms with Crippen molar-refractivity contribution in [1.29, 1.82) is 0 Å². The predicted molar refractivity (Wildman–Crippen MR) is 94.6 cm³/mol. The number of nitrogens with one attached hydrogen (secondary N) is 1. The van der Waals surface area contributed by atoms with E-state index in [-0.39, 0.29) is 6.04 Å². The minimum Gasteiger partial charge on any atom is -0.307 e. The summed E-state index contributed by atoms with van der Waals surface area (Å²) in [6.07, 6.45) is 1.13. The Hall–Kier alpha value is -1.12. The smallest absolute Gasteiger partial charge is 0.0577 e. The molecule has 112 valence electrons. The Kier molecular flexibility index (Phi) is 6.01. The van der Waals surface area contributed by atoms with E-state index in [2.05, 4.69) is 90.5 Å². The van der Waals surface area contributed by atoms with E-state index in [9.17, 15) is 0 Å². The van der Waals surface area contributed by atoms with Crippen molar-refractivity contribution in [3.8, 4) is 0 Å². The molecule has 0 saturated heterocycles. The number of halogens is 1. The van der Waals surface area contributed by atoms with Gasteiger partial charge in [-0.1, -0.05) is 73.1 Å². The summed E-state index contributed by atoms with van der Waals surface area (Å²) < 4.78 is 1.13. The second-order valence-electron chi connectivity index (χ2n) is 5.89. The highest BCUT2D eigenvalue weighted by Gasteiger charge is 2.13. The van der Waals surface area contributed by atoms with Gasteiger partial charge in [-0.05, 0) is 47.7 Å². The van der Waals surface area contributed by atoms with E-state index in [4.69, 9.17) is 0 Å². The normalized spacial score (nSPS) is 12.6. The molecule has 1 nitrogen and oxygen atoms in total. The summed E-state index contributed by atoms with van der Waals surface area (Å²) in [6.45, 7) is 7.64. The van der Waals surface area contributed by atoms with Gasteiger partial charge in [0.2, 0.25) is 0 Å². The van der Waals surface area contributed by atoms with Gasteiger partial charge in [-0.3, -0.25) is 0 Å². The van der Waals surface area contributed by atoms with Gasteiger partial charge in [0.25, 0.3) is 0 Å². The zero-order valence-electron chi connectivity index (χ0n) is 13.1. The van der Waals surface area contributed by atoms with Crippen molar-refractivity contribution in [1.82, 2.24) is 5.32 Å². The maximum atomic E-state index is 3.60. The molecule has 2 heteroatoms. The Morgan fingerprint density at radius 2 is 1.67 bits per heavy atom. The number of rotatable bonds is 6. The molecule has 0 aliphatic heterocycles. The van der Waals surface area contributed by atoms with Gasteiger partial charge in [-0.15, -0.1) is 0 Å². The van der Waals surface area contributed by atoms with Gasteiger partial charge in [0, 0.05) is 4.47 Å². The third-order valence-corrected chi connectivity index (χ3v) is 4.01. The van der Waals surface area contributed by atoms with Gasteiger partial charge in [0.05, 0.1) is 6.04 Å². The monoisotopic (exact) mass is 345 g/mol. The fourth-order valence-electron chi connectivity index (χ4n) is 2.69. The third kappa shape index (κ3) is 4.69. The first-order valence-electron chi connectivity index (χ1n) is 7.67. The molecule has 0 spiro atoms. The Labute approximate surface area is 136 Å². The number of hydrogen-bond acceptors (Lipinski definition) is 1. The average Bonchev–Trinajstić information content (AvgIpc) is 2.44. The molecule has 0 heterocycles. The quantitative estimate of drug-likeness (QED) is 0.744. The van der Waals surface area contributed by atoms with Crippen molar-refractivity contribution in [3.63, 3.8) is 0 Å². The zero-order chi connectivity index (χ0) is 15.2. The Morgan fingerprint density at radius 1 is 1.00 bits per heavy atom. The van der Waals surface area contributed by atoms with Crippen molar-refractivity contribution in [2.45, 2.75) is 33.2 Å². The standard InChI is InChI=1S/C19H24BrN/c1-4-21-19(17-9-6-10-18(20)13-17)16-8-5-7-15(12-16)11-14(2)3/h5-10,12-14,19,21H,4,11H2,1-3H3. The lowest BCUT2D eigenvalue weighted by Crippen LogP contribution is -2.22. The first-order valence-corrected chi connectivity index (χ1v) is 8.47. The molecule has 1 atom stereocenters. The van der Waals surface area contributed by atoms with Crippen LogP contribution in [0.2, 0.25) is 0 Å². The summed E-state index contributed by atoms with van der Waals surface area (Å²) in [5.41, 5.74) is 4.06. The van der Waals surface area contributed by atoms with Gasteiger partial charge in [0.15, 0.2) is 0 Å². The summed E-state index contributed by atoms with van der Waals surface area (Å²) in [6, 6.07) is 17.8. The minimum absolute atomic E-state index is 0.250. The molecule has 1 N–H and O–H groups in total. The second kappa shape index (κ2) is 7.77. The molecule has 0 amide bonds. The fourth-order valence-corrected chi connectivity index (χ4v) is 3.11. The van der Waals surface area contributed by atoms with Crippen molar-refractivity contribution < 1.29 is 0 Å². The molecule has 0 radical (unpaired) electrons. The molecule has 0 aliphatic carbocycles. The molecule has 21 heavy (non-hydrogen) atoms. The first-order chi connectivity index (χ1) is 10.1. The highest BCUT2D eigenvalue weighted by molar-refractivity contribution is 9.10. The Balaban J connectivity index is 2.34. The van der Waals surface area contributed by atoms with E-state index >= 15 is 0 Å². The van der Waals surface area contributed by atoms with Crippen LogP contribution in [0.15, 0.2) is 53.0 Å². The molecule has 0 fully saturated rings. The fraction of sp³-hybridized carbons (Fsp3) is 0.368. The summed E-state index contributed by atoms with van der Waals surface area (Å²) in [4.78, 5) is 0. The summed E-state index contributed by atoms with van der Waals surface area (Å²) in [7, 11) is 0. The SMILES string of the molecule is CCNC(c1cccc(Br)c1)c1cccc(CC(C)C)c1. The van der Waals surface area contributed by atoms with E-state index in [1.165, 1.54) is 16.7 Å². The highest BCUT2D eigenvalue weighted by atomic mass is 79.9. The number of benzene rings is 2. The third-order valence-electron chi connectivity index (χ3n) is 3.52. The lowest BCUT2D eigenvalue weighted by Gasteiger charge is -2.20. The predicted octanol–water partition coefficient (Wildman–Crippen LogP) is 5.35. The van der Waals surface area contributed by atoms with Gasteiger partial charge in [-0.25, -0.2) is 0 Å². The van der Waals surface area contributed by atoms with Crippen LogP contribution >= 0.6 is 15.9 Å². The maximum absolute atomic E-state index is 3.60. The molecule has 2 rings (SSSR count). The second-order valence-corrected chi connectivity index (χ2v) is 6.80. The van der Waals surface area contributed by atoms with E-state index in [0.717, 1.165) is 17.4 Å². The van der Waals surface area contributed by atoms with Crippen molar-refractivity contribution >= 4 is 15.9 Å². The molecule has 2 aromatic rings. The van der Waals surface area contributed by atoms with Crippen LogP contribution in [0.25, 0.3) is 0 Å².